The Morgan fingerprint density at radius 1 is 0.920 bits per heavy atom. The molecule has 2 aromatic rings. The van der Waals surface area contributed by atoms with E-state index in [1.165, 1.54) is 17.7 Å². The third-order valence-corrected chi connectivity index (χ3v) is 4.48. The van der Waals surface area contributed by atoms with E-state index in [0.29, 0.717) is 0 Å². The number of non-ortho nitro benzene ring substituents is 1. The summed E-state index contributed by atoms with van der Waals surface area (Å²) in [4.78, 5) is 26.9. The van der Waals surface area contributed by atoms with E-state index in [1.54, 1.807) is 12.1 Å². The molecular formula is C19H21N3O3. The zero-order valence-electron chi connectivity index (χ0n) is 14.0. The van der Waals surface area contributed by atoms with Crippen LogP contribution in [0.15, 0.2) is 54.6 Å². The van der Waals surface area contributed by atoms with E-state index in [0.717, 1.165) is 38.3 Å². The molecule has 3 rings (SSSR count). The maximum Gasteiger partial charge on any atom is 0.269 e. The van der Waals surface area contributed by atoms with E-state index in [-0.39, 0.29) is 18.0 Å². The van der Waals surface area contributed by atoms with Crippen molar-refractivity contribution >= 4 is 11.6 Å². The number of carbonyl (C=O) groups excluding carboxylic acids is 1. The van der Waals surface area contributed by atoms with Crippen molar-refractivity contribution in [1.82, 2.24) is 9.80 Å². The summed E-state index contributed by atoms with van der Waals surface area (Å²) in [5, 5.41) is 10.7. The Balaban J connectivity index is 1.49. The summed E-state index contributed by atoms with van der Waals surface area (Å²) in [6.45, 7) is 4.07. The zero-order valence-corrected chi connectivity index (χ0v) is 14.0. The largest absolute Gasteiger partial charge is 0.340 e. The molecule has 0 atom stereocenters. The van der Waals surface area contributed by atoms with Gasteiger partial charge in [-0.1, -0.05) is 42.5 Å². The predicted octanol–water partition coefficient (Wildman–Crippen LogP) is 2.48. The molecule has 1 aliphatic heterocycles. The summed E-state index contributed by atoms with van der Waals surface area (Å²) >= 11 is 0. The molecule has 0 N–H and O–H groups in total. The Labute approximate surface area is 146 Å². The number of benzene rings is 2. The van der Waals surface area contributed by atoms with E-state index in [4.69, 9.17) is 0 Å². The maximum absolute atomic E-state index is 12.4. The molecule has 0 saturated carbocycles. The lowest BCUT2D eigenvalue weighted by atomic mass is 10.1. The highest BCUT2D eigenvalue weighted by Gasteiger charge is 2.21. The molecule has 6 heteroatoms. The second-order valence-corrected chi connectivity index (χ2v) is 6.24. The van der Waals surface area contributed by atoms with Gasteiger partial charge in [-0.05, 0) is 11.1 Å². The summed E-state index contributed by atoms with van der Waals surface area (Å²) in [5.41, 5.74) is 2.14. The first-order chi connectivity index (χ1) is 12.1. The lowest BCUT2D eigenvalue weighted by Gasteiger charge is -2.34. The fourth-order valence-electron chi connectivity index (χ4n) is 3.02. The van der Waals surface area contributed by atoms with E-state index in [9.17, 15) is 14.9 Å². The molecule has 0 aromatic heterocycles. The first-order valence-electron chi connectivity index (χ1n) is 8.39. The third kappa shape index (κ3) is 4.64. The number of carbonyl (C=O) groups is 1. The number of piperazine rings is 1. The van der Waals surface area contributed by atoms with Crippen LogP contribution in [0.25, 0.3) is 0 Å². The van der Waals surface area contributed by atoms with Crippen molar-refractivity contribution in [2.75, 3.05) is 26.2 Å². The van der Waals surface area contributed by atoms with Crippen LogP contribution in [0.1, 0.15) is 11.1 Å². The predicted molar refractivity (Wildman–Crippen MR) is 95.1 cm³/mol. The van der Waals surface area contributed by atoms with Crippen molar-refractivity contribution in [3.05, 3.63) is 75.8 Å². The molecule has 1 fully saturated rings. The standard InChI is InChI=1S/C19H21N3O3/c23-19(14-16-6-8-18(9-7-16)22(24)25)21-12-10-20(11-13-21)15-17-4-2-1-3-5-17/h1-9H,10-15H2. The summed E-state index contributed by atoms with van der Waals surface area (Å²) in [6, 6.07) is 16.5. The number of rotatable bonds is 5. The van der Waals surface area contributed by atoms with Crippen LogP contribution in [0.3, 0.4) is 0 Å². The first-order valence-corrected chi connectivity index (χ1v) is 8.39. The highest BCUT2D eigenvalue weighted by Crippen LogP contribution is 2.14. The van der Waals surface area contributed by atoms with Crippen molar-refractivity contribution in [3.63, 3.8) is 0 Å². The minimum Gasteiger partial charge on any atom is -0.340 e. The minimum absolute atomic E-state index is 0.0470. The van der Waals surface area contributed by atoms with Gasteiger partial charge in [-0.2, -0.15) is 0 Å². The van der Waals surface area contributed by atoms with Gasteiger partial charge in [0.2, 0.25) is 5.91 Å². The van der Waals surface area contributed by atoms with Crippen molar-refractivity contribution in [1.29, 1.82) is 0 Å². The molecule has 1 heterocycles. The number of nitro benzene ring substituents is 1. The third-order valence-electron chi connectivity index (χ3n) is 4.48. The number of amides is 1. The van der Waals surface area contributed by atoms with Crippen LogP contribution in [0, 0.1) is 10.1 Å². The summed E-state index contributed by atoms with van der Waals surface area (Å²) in [5.74, 6) is 0.0771. The van der Waals surface area contributed by atoms with Gasteiger partial charge >= 0.3 is 0 Å². The van der Waals surface area contributed by atoms with E-state index in [2.05, 4.69) is 17.0 Å². The van der Waals surface area contributed by atoms with Crippen LogP contribution < -0.4 is 0 Å². The van der Waals surface area contributed by atoms with Gasteiger partial charge < -0.3 is 4.90 Å². The lowest BCUT2D eigenvalue weighted by molar-refractivity contribution is -0.384. The molecule has 0 spiro atoms. The molecule has 130 valence electrons. The Morgan fingerprint density at radius 2 is 1.56 bits per heavy atom. The van der Waals surface area contributed by atoms with E-state index in [1.807, 2.05) is 23.1 Å². The number of hydrogen-bond acceptors (Lipinski definition) is 4. The van der Waals surface area contributed by atoms with Crippen LogP contribution in [0.5, 0.6) is 0 Å². The van der Waals surface area contributed by atoms with Gasteiger partial charge in [0.25, 0.3) is 5.69 Å². The van der Waals surface area contributed by atoms with Crippen molar-refractivity contribution in [2.45, 2.75) is 13.0 Å². The second kappa shape index (κ2) is 7.90. The van der Waals surface area contributed by atoms with Crippen molar-refractivity contribution < 1.29 is 9.72 Å². The molecule has 0 bridgehead atoms. The van der Waals surface area contributed by atoms with Gasteiger partial charge in [-0.15, -0.1) is 0 Å². The SMILES string of the molecule is O=C(Cc1ccc([N+](=O)[O-])cc1)N1CCN(Cc2ccccc2)CC1. The molecule has 0 unspecified atom stereocenters. The Kier molecular flexibility index (Phi) is 5.40. The average molecular weight is 339 g/mol. The lowest BCUT2D eigenvalue weighted by Crippen LogP contribution is -2.48. The minimum atomic E-state index is -0.433. The fraction of sp³-hybridized carbons (Fsp3) is 0.316. The molecule has 2 aromatic carbocycles. The number of hydrogen-bond donors (Lipinski definition) is 0. The highest BCUT2D eigenvalue weighted by atomic mass is 16.6. The van der Waals surface area contributed by atoms with Gasteiger partial charge in [0, 0.05) is 44.9 Å². The molecule has 1 saturated heterocycles. The van der Waals surface area contributed by atoms with Crippen LogP contribution in [-0.4, -0.2) is 46.8 Å². The van der Waals surface area contributed by atoms with Gasteiger partial charge in [0.1, 0.15) is 0 Å². The van der Waals surface area contributed by atoms with E-state index < -0.39 is 4.92 Å². The van der Waals surface area contributed by atoms with Crippen molar-refractivity contribution in [3.8, 4) is 0 Å². The summed E-state index contributed by atoms with van der Waals surface area (Å²) < 4.78 is 0. The molecule has 0 radical (unpaired) electrons. The zero-order chi connectivity index (χ0) is 17.6. The molecule has 0 aliphatic carbocycles. The second-order valence-electron chi connectivity index (χ2n) is 6.24. The van der Waals surface area contributed by atoms with Gasteiger partial charge in [0.05, 0.1) is 11.3 Å². The molecule has 1 aliphatic rings. The van der Waals surface area contributed by atoms with Crippen molar-refractivity contribution in [2.24, 2.45) is 0 Å². The molecule has 6 nitrogen and oxygen atoms in total. The normalized spacial score (nSPS) is 15.1. The van der Waals surface area contributed by atoms with Crippen LogP contribution in [0.4, 0.5) is 5.69 Å². The monoisotopic (exact) mass is 339 g/mol. The fourth-order valence-corrected chi connectivity index (χ4v) is 3.02. The van der Waals surface area contributed by atoms with Gasteiger partial charge in [-0.25, -0.2) is 0 Å². The maximum atomic E-state index is 12.4. The quantitative estimate of drug-likeness (QED) is 0.620. The van der Waals surface area contributed by atoms with E-state index >= 15 is 0 Å². The Hall–Kier alpha value is -2.73. The van der Waals surface area contributed by atoms with Crippen LogP contribution in [0.2, 0.25) is 0 Å². The average Bonchev–Trinajstić information content (AvgIpc) is 2.63. The molecule has 1 amide bonds. The summed E-state index contributed by atoms with van der Waals surface area (Å²) in [6.07, 6.45) is 0.288. The van der Waals surface area contributed by atoms with Gasteiger partial charge in [-0.3, -0.25) is 19.8 Å². The Morgan fingerprint density at radius 3 is 2.16 bits per heavy atom. The number of nitro groups is 1. The first kappa shape index (κ1) is 17.1. The number of nitrogens with zero attached hydrogens (tertiary/aromatic N) is 3. The van der Waals surface area contributed by atoms with Gasteiger partial charge in [0.15, 0.2) is 0 Å². The summed E-state index contributed by atoms with van der Waals surface area (Å²) in [7, 11) is 0. The van der Waals surface area contributed by atoms with Crippen LogP contribution >= 0.6 is 0 Å². The smallest absolute Gasteiger partial charge is 0.269 e. The highest BCUT2D eigenvalue weighted by molar-refractivity contribution is 5.79. The molecular weight excluding hydrogens is 318 g/mol. The Bertz CT molecular complexity index is 723. The molecule has 25 heavy (non-hydrogen) atoms. The topological polar surface area (TPSA) is 66.7 Å². The van der Waals surface area contributed by atoms with Crippen LogP contribution in [-0.2, 0) is 17.8 Å².